The molecule has 1 aliphatic heterocycles. The number of nitrogens with zero attached hydrogens (tertiary/aromatic N) is 5. The number of amides is 1. The third-order valence-electron chi connectivity index (χ3n) is 5.55. The quantitative estimate of drug-likeness (QED) is 0.416. The van der Waals surface area contributed by atoms with E-state index in [1.807, 2.05) is 47.6 Å². The van der Waals surface area contributed by atoms with Gasteiger partial charge in [-0.2, -0.15) is 0 Å². The summed E-state index contributed by atoms with van der Waals surface area (Å²) in [6.45, 7) is 12.2. The first-order valence-electron chi connectivity index (χ1n) is 11.4. The number of ether oxygens (including phenoxy) is 2. The molecule has 0 unspecified atom stereocenters. The topological polar surface area (TPSA) is 99.4 Å². The molecule has 0 saturated carbocycles. The number of pyridine rings is 1. The van der Waals surface area contributed by atoms with Crippen LogP contribution in [0.25, 0.3) is 22.1 Å². The zero-order valence-corrected chi connectivity index (χ0v) is 21.1. The van der Waals surface area contributed by atoms with Crippen LogP contribution in [0.4, 0.5) is 9.59 Å². The van der Waals surface area contributed by atoms with Crippen LogP contribution in [0.3, 0.4) is 0 Å². The Hall–Kier alpha value is -2.94. The number of carbonyl (C=O) groups is 2. The van der Waals surface area contributed by atoms with Gasteiger partial charge in [-0.1, -0.05) is 11.6 Å². The van der Waals surface area contributed by atoms with Crippen LogP contribution in [0.2, 0.25) is 5.15 Å². The molecule has 1 amide bonds. The molecule has 0 aromatic carbocycles. The minimum absolute atomic E-state index is 0.183. The Balaban J connectivity index is 1.67. The molecule has 1 fully saturated rings. The lowest BCUT2D eigenvalue weighted by atomic mass is 9.90. The van der Waals surface area contributed by atoms with Crippen molar-refractivity contribution in [3.05, 3.63) is 29.3 Å². The molecule has 3 aromatic heterocycles. The number of halogens is 1. The fraction of sp³-hybridized carbons (Fsp3) is 0.542. The Labute approximate surface area is 203 Å². The highest BCUT2D eigenvalue weighted by Crippen LogP contribution is 2.35. The molecule has 0 atom stereocenters. The van der Waals surface area contributed by atoms with Gasteiger partial charge in [-0.05, 0) is 71.9 Å². The number of carbonyl (C=O) groups excluding carboxylic acids is 2. The van der Waals surface area contributed by atoms with E-state index in [2.05, 4.69) is 15.0 Å². The van der Waals surface area contributed by atoms with Crippen LogP contribution in [-0.2, 0) is 9.47 Å². The van der Waals surface area contributed by atoms with Gasteiger partial charge in [0, 0.05) is 19.3 Å². The first kappa shape index (κ1) is 24.2. The molecule has 0 N–H and O–H groups in total. The van der Waals surface area contributed by atoms with Crippen molar-refractivity contribution in [2.75, 3.05) is 13.1 Å². The molecule has 10 heteroatoms. The van der Waals surface area contributed by atoms with Crippen molar-refractivity contribution in [3.8, 4) is 0 Å². The van der Waals surface area contributed by atoms with E-state index < -0.39 is 17.3 Å². The van der Waals surface area contributed by atoms with Crippen LogP contribution in [0.5, 0.6) is 0 Å². The van der Waals surface area contributed by atoms with Crippen molar-refractivity contribution in [3.63, 3.8) is 0 Å². The Morgan fingerprint density at radius 1 is 0.971 bits per heavy atom. The van der Waals surface area contributed by atoms with Gasteiger partial charge in [0.05, 0.1) is 10.9 Å². The number of likely N-dealkylation sites (tertiary alicyclic amines) is 1. The molecular weight excluding hydrogens is 458 g/mol. The van der Waals surface area contributed by atoms with Crippen LogP contribution < -0.4 is 0 Å². The lowest BCUT2D eigenvalue weighted by molar-refractivity contribution is 0.0204. The van der Waals surface area contributed by atoms with E-state index in [9.17, 15) is 9.59 Å². The lowest BCUT2D eigenvalue weighted by Crippen LogP contribution is -2.41. The van der Waals surface area contributed by atoms with Crippen molar-refractivity contribution in [1.29, 1.82) is 0 Å². The standard InChI is InChI=1S/C24H30ClN5O4/c1-23(2,3)33-21(31)29-9-7-14(8-10-29)15-11-16-18(26-12-15)17-19(25)27-13-28-20(17)30(16)22(32)34-24(4,5)6/h11-14H,7-10H2,1-6H3. The number of fused-ring (bicyclic) bond motifs is 3. The number of hydrogen-bond acceptors (Lipinski definition) is 7. The largest absolute Gasteiger partial charge is 0.444 e. The first-order chi connectivity index (χ1) is 15.8. The Morgan fingerprint density at radius 3 is 2.21 bits per heavy atom. The van der Waals surface area contributed by atoms with Gasteiger partial charge in [0.1, 0.15) is 28.2 Å². The Kier molecular flexibility index (Phi) is 6.18. The van der Waals surface area contributed by atoms with E-state index in [0.717, 1.165) is 18.4 Å². The predicted molar refractivity (Wildman–Crippen MR) is 129 cm³/mol. The van der Waals surface area contributed by atoms with Crippen LogP contribution >= 0.6 is 11.6 Å². The average Bonchev–Trinajstić information content (AvgIpc) is 3.06. The zero-order valence-electron chi connectivity index (χ0n) is 20.4. The van der Waals surface area contributed by atoms with Crippen LogP contribution in [-0.4, -0.2) is 60.9 Å². The number of aromatic nitrogens is 4. The molecule has 0 radical (unpaired) electrons. The highest BCUT2D eigenvalue weighted by Gasteiger charge is 2.29. The SMILES string of the molecule is CC(C)(C)OC(=O)N1CCC(c2cnc3c4c(Cl)ncnc4n(C(=O)OC(C)(C)C)c3c2)CC1. The van der Waals surface area contributed by atoms with Crippen molar-refractivity contribution in [2.24, 2.45) is 0 Å². The van der Waals surface area contributed by atoms with E-state index >= 15 is 0 Å². The van der Waals surface area contributed by atoms with Crippen molar-refractivity contribution in [1.82, 2.24) is 24.4 Å². The fourth-order valence-corrected chi connectivity index (χ4v) is 4.33. The molecule has 9 nitrogen and oxygen atoms in total. The molecule has 0 aliphatic carbocycles. The van der Waals surface area contributed by atoms with E-state index in [0.29, 0.717) is 35.2 Å². The van der Waals surface area contributed by atoms with E-state index in [4.69, 9.17) is 21.1 Å². The summed E-state index contributed by atoms with van der Waals surface area (Å²) in [6.07, 6.45) is 3.80. The summed E-state index contributed by atoms with van der Waals surface area (Å²) in [4.78, 5) is 40.3. The summed E-state index contributed by atoms with van der Waals surface area (Å²) >= 11 is 6.36. The highest BCUT2D eigenvalue weighted by atomic mass is 35.5. The van der Waals surface area contributed by atoms with Gasteiger partial charge in [-0.25, -0.2) is 24.1 Å². The van der Waals surface area contributed by atoms with E-state index in [1.54, 1.807) is 11.1 Å². The second kappa shape index (κ2) is 8.69. The molecule has 4 heterocycles. The van der Waals surface area contributed by atoms with Gasteiger partial charge < -0.3 is 14.4 Å². The van der Waals surface area contributed by atoms with Gasteiger partial charge in [-0.15, -0.1) is 0 Å². The third-order valence-corrected chi connectivity index (χ3v) is 5.84. The van der Waals surface area contributed by atoms with Crippen LogP contribution in [0.15, 0.2) is 18.6 Å². The second-order valence-electron chi connectivity index (χ2n) is 10.6. The number of rotatable bonds is 1. The first-order valence-corrected chi connectivity index (χ1v) is 11.7. The van der Waals surface area contributed by atoms with Crippen LogP contribution in [0.1, 0.15) is 65.9 Å². The molecule has 0 spiro atoms. The highest BCUT2D eigenvalue weighted by molar-refractivity contribution is 6.36. The summed E-state index contributed by atoms with van der Waals surface area (Å²) in [6, 6.07) is 1.94. The Morgan fingerprint density at radius 2 is 1.59 bits per heavy atom. The predicted octanol–water partition coefficient (Wildman–Crippen LogP) is 5.53. The van der Waals surface area contributed by atoms with E-state index in [1.165, 1.54) is 10.9 Å². The molecule has 1 aliphatic rings. The second-order valence-corrected chi connectivity index (χ2v) is 10.9. The Bertz CT molecular complexity index is 1250. The van der Waals surface area contributed by atoms with Crippen LogP contribution in [0, 0.1) is 0 Å². The van der Waals surface area contributed by atoms with E-state index in [-0.39, 0.29) is 17.2 Å². The van der Waals surface area contributed by atoms with Crippen molar-refractivity contribution < 1.29 is 19.1 Å². The number of piperidine rings is 1. The average molecular weight is 488 g/mol. The summed E-state index contributed by atoms with van der Waals surface area (Å²) in [5.74, 6) is 0.183. The van der Waals surface area contributed by atoms with Crippen molar-refractivity contribution in [2.45, 2.75) is 71.5 Å². The lowest BCUT2D eigenvalue weighted by Gasteiger charge is -2.33. The molecular formula is C24H30ClN5O4. The summed E-state index contributed by atoms with van der Waals surface area (Å²) in [5.41, 5.74) is 1.24. The maximum atomic E-state index is 13.1. The molecule has 182 valence electrons. The summed E-state index contributed by atoms with van der Waals surface area (Å²) < 4.78 is 12.5. The molecule has 3 aromatic rings. The normalized spacial score (nSPS) is 15.7. The number of hydrogen-bond donors (Lipinski definition) is 0. The van der Waals surface area contributed by atoms with Gasteiger partial charge in [0.25, 0.3) is 0 Å². The maximum Gasteiger partial charge on any atom is 0.420 e. The minimum Gasteiger partial charge on any atom is -0.444 e. The maximum absolute atomic E-state index is 13.1. The fourth-order valence-electron chi connectivity index (χ4n) is 4.11. The summed E-state index contributed by atoms with van der Waals surface area (Å²) in [7, 11) is 0. The zero-order chi connectivity index (χ0) is 24.8. The minimum atomic E-state index is -0.684. The molecule has 34 heavy (non-hydrogen) atoms. The van der Waals surface area contributed by atoms with Gasteiger partial charge in [-0.3, -0.25) is 4.98 Å². The van der Waals surface area contributed by atoms with Gasteiger partial charge in [0.2, 0.25) is 0 Å². The third kappa shape index (κ3) is 4.94. The molecule has 1 saturated heterocycles. The summed E-state index contributed by atoms with van der Waals surface area (Å²) in [5, 5.41) is 0.736. The monoisotopic (exact) mass is 487 g/mol. The van der Waals surface area contributed by atoms with Crippen molar-refractivity contribution >= 4 is 45.9 Å². The van der Waals surface area contributed by atoms with Gasteiger partial charge in [0.15, 0.2) is 5.65 Å². The van der Waals surface area contributed by atoms with Gasteiger partial charge >= 0.3 is 12.2 Å². The molecule has 4 rings (SSSR count). The molecule has 0 bridgehead atoms. The smallest absolute Gasteiger partial charge is 0.420 e.